The average Bonchev–Trinajstić information content (AvgIpc) is 3.13. The number of unbranched alkanes of at least 4 members (excludes halogenated alkanes) is 1. The Morgan fingerprint density at radius 3 is 2.96 bits per heavy atom. The largest absolute Gasteiger partial charge is 0.496 e. The summed E-state index contributed by atoms with van der Waals surface area (Å²) < 4.78 is 33.7. The molecule has 1 atom stereocenters. The number of hydrogen-bond acceptors (Lipinski definition) is 4. The first kappa shape index (κ1) is 17.4. The number of pyridine rings is 1. The van der Waals surface area contributed by atoms with Crippen molar-refractivity contribution in [2.45, 2.75) is 50.9 Å². The van der Waals surface area contributed by atoms with Gasteiger partial charge in [-0.2, -0.15) is 0 Å². The Morgan fingerprint density at radius 2 is 2.21 bits per heavy atom. The summed E-state index contributed by atoms with van der Waals surface area (Å²) in [6.45, 7) is 2.09. The summed E-state index contributed by atoms with van der Waals surface area (Å²) in [4.78, 5) is 4.64. The lowest BCUT2D eigenvalue weighted by Gasteiger charge is -2.22. The van der Waals surface area contributed by atoms with E-state index in [0.29, 0.717) is 32.4 Å². The summed E-state index contributed by atoms with van der Waals surface area (Å²) in [7, 11) is 1.67. The van der Waals surface area contributed by atoms with Gasteiger partial charge in [0.2, 0.25) is 0 Å². The fourth-order valence-electron chi connectivity index (χ4n) is 3.65. The van der Waals surface area contributed by atoms with E-state index >= 15 is 0 Å². The van der Waals surface area contributed by atoms with E-state index in [-0.39, 0.29) is 6.42 Å². The molecule has 0 saturated carbocycles. The van der Waals surface area contributed by atoms with Gasteiger partial charge in [-0.25, -0.2) is 13.8 Å². The van der Waals surface area contributed by atoms with Crippen molar-refractivity contribution in [3.63, 3.8) is 0 Å². The predicted molar refractivity (Wildman–Crippen MR) is 91.1 cm³/mol. The normalized spacial score (nSPS) is 20.5. The first-order chi connectivity index (χ1) is 11.6. The van der Waals surface area contributed by atoms with Crippen molar-refractivity contribution in [2.24, 2.45) is 5.92 Å². The molecule has 134 valence electrons. The monoisotopic (exact) mass is 339 g/mol. The van der Waals surface area contributed by atoms with Crippen LogP contribution in [-0.4, -0.2) is 37.7 Å². The molecule has 0 bridgehead atoms. The van der Waals surface area contributed by atoms with E-state index in [9.17, 15) is 8.78 Å². The highest BCUT2D eigenvalue weighted by atomic mass is 19.3. The number of aromatic nitrogens is 1. The lowest BCUT2D eigenvalue weighted by atomic mass is 9.95. The molecule has 2 N–H and O–H groups in total. The lowest BCUT2D eigenvalue weighted by molar-refractivity contribution is -0.0597. The van der Waals surface area contributed by atoms with Gasteiger partial charge in [0.25, 0.3) is 5.92 Å². The Labute approximate surface area is 142 Å². The van der Waals surface area contributed by atoms with Crippen molar-refractivity contribution >= 4 is 5.82 Å². The molecule has 2 aliphatic rings. The average molecular weight is 339 g/mol. The third kappa shape index (κ3) is 3.97. The molecular formula is C18H27F2N3O. The number of fused-ring (bicyclic) bond motifs is 1. The summed E-state index contributed by atoms with van der Waals surface area (Å²) in [5.74, 6) is -1.28. The Balaban J connectivity index is 1.53. The Morgan fingerprint density at radius 1 is 1.33 bits per heavy atom. The molecule has 2 aliphatic heterocycles. The molecule has 0 aromatic carbocycles. The van der Waals surface area contributed by atoms with Crippen LogP contribution in [-0.2, 0) is 12.8 Å². The van der Waals surface area contributed by atoms with Crippen molar-refractivity contribution in [1.29, 1.82) is 0 Å². The van der Waals surface area contributed by atoms with E-state index in [1.54, 1.807) is 7.11 Å². The Hall–Kier alpha value is -1.43. The van der Waals surface area contributed by atoms with Crippen molar-refractivity contribution in [3.05, 3.63) is 17.3 Å². The number of halogens is 2. The van der Waals surface area contributed by atoms with Crippen molar-refractivity contribution in [3.8, 4) is 5.75 Å². The molecule has 0 unspecified atom stereocenters. The van der Waals surface area contributed by atoms with E-state index in [4.69, 9.17) is 4.74 Å². The second-order valence-corrected chi connectivity index (χ2v) is 6.83. The van der Waals surface area contributed by atoms with Gasteiger partial charge in [0, 0.05) is 42.8 Å². The minimum absolute atomic E-state index is 0.0281. The van der Waals surface area contributed by atoms with Gasteiger partial charge in [0.15, 0.2) is 0 Å². The molecule has 24 heavy (non-hydrogen) atoms. The van der Waals surface area contributed by atoms with Crippen LogP contribution < -0.4 is 15.4 Å². The number of rotatable bonds is 7. The quantitative estimate of drug-likeness (QED) is 0.748. The molecule has 1 fully saturated rings. The van der Waals surface area contributed by atoms with Crippen molar-refractivity contribution < 1.29 is 13.5 Å². The molecule has 4 nitrogen and oxygen atoms in total. The number of ether oxygens (including phenoxy) is 1. The smallest absolute Gasteiger partial charge is 0.252 e. The van der Waals surface area contributed by atoms with Crippen LogP contribution in [0.1, 0.15) is 43.4 Å². The summed E-state index contributed by atoms with van der Waals surface area (Å²) in [6, 6.07) is 1.96. The zero-order valence-electron chi connectivity index (χ0n) is 14.3. The van der Waals surface area contributed by atoms with Gasteiger partial charge < -0.3 is 15.4 Å². The number of nitrogens with zero attached hydrogens (tertiary/aromatic N) is 1. The number of anilines is 1. The van der Waals surface area contributed by atoms with Crippen LogP contribution in [0.3, 0.4) is 0 Å². The number of methoxy groups -OCH3 is 1. The van der Waals surface area contributed by atoms with Gasteiger partial charge in [0.05, 0.1) is 7.11 Å². The summed E-state index contributed by atoms with van der Waals surface area (Å²) in [6.07, 6.45) is 4.57. The van der Waals surface area contributed by atoms with E-state index < -0.39 is 11.8 Å². The second kappa shape index (κ2) is 7.64. The van der Waals surface area contributed by atoms with Crippen LogP contribution in [0.25, 0.3) is 0 Å². The first-order valence-corrected chi connectivity index (χ1v) is 8.99. The summed E-state index contributed by atoms with van der Waals surface area (Å²) in [5.41, 5.74) is 2.05. The van der Waals surface area contributed by atoms with Gasteiger partial charge >= 0.3 is 0 Å². The highest BCUT2D eigenvalue weighted by molar-refractivity contribution is 5.54. The molecule has 3 rings (SSSR count). The van der Waals surface area contributed by atoms with Crippen LogP contribution in [0.4, 0.5) is 14.6 Å². The van der Waals surface area contributed by atoms with Crippen molar-refractivity contribution in [1.82, 2.24) is 10.3 Å². The molecule has 0 radical (unpaired) electrons. The standard InChI is InChI=1S/C18H27F2N3O/c1-24-16-11-14(23-17-15(16)6-4-9-22-17)5-2-3-8-18(19,20)13-7-10-21-12-13/h11,13,21H,2-10,12H2,1H3,(H,22,23)/t13-/m1/s1. The zero-order chi connectivity index (χ0) is 17.0. The third-order valence-electron chi connectivity index (χ3n) is 5.10. The summed E-state index contributed by atoms with van der Waals surface area (Å²) in [5, 5.41) is 6.34. The minimum atomic E-state index is -2.55. The van der Waals surface area contributed by atoms with Gasteiger partial charge in [-0.05, 0) is 45.1 Å². The predicted octanol–water partition coefficient (Wildman–Crippen LogP) is 3.41. The fraction of sp³-hybridized carbons (Fsp3) is 0.722. The number of aryl methyl sites for hydroxylation is 1. The molecule has 0 aliphatic carbocycles. The fourth-order valence-corrected chi connectivity index (χ4v) is 3.65. The van der Waals surface area contributed by atoms with Gasteiger partial charge in [-0.1, -0.05) is 0 Å². The minimum Gasteiger partial charge on any atom is -0.496 e. The zero-order valence-corrected chi connectivity index (χ0v) is 14.3. The van der Waals surface area contributed by atoms with Crippen LogP contribution in [0.5, 0.6) is 5.75 Å². The van der Waals surface area contributed by atoms with E-state index in [0.717, 1.165) is 48.6 Å². The van der Waals surface area contributed by atoms with E-state index in [1.807, 2.05) is 6.07 Å². The third-order valence-corrected chi connectivity index (χ3v) is 5.10. The molecule has 1 aromatic rings. The van der Waals surface area contributed by atoms with Crippen LogP contribution in [0.15, 0.2) is 6.07 Å². The SMILES string of the molecule is COc1cc(CCCCC(F)(F)[C@@H]2CCNC2)nc2c1CCCN2. The first-order valence-electron chi connectivity index (χ1n) is 8.99. The topological polar surface area (TPSA) is 46.2 Å². The lowest BCUT2D eigenvalue weighted by Crippen LogP contribution is -2.30. The molecule has 1 saturated heterocycles. The van der Waals surface area contributed by atoms with Crippen LogP contribution in [0.2, 0.25) is 0 Å². The maximum absolute atomic E-state index is 14.1. The maximum atomic E-state index is 14.1. The van der Waals surface area contributed by atoms with Gasteiger partial charge in [-0.3, -0.25) is 0 Å². The van der Waals surface area contributed by atoms with E-state index in [2.05, 4.69) is 15.6 Å². The Kier molecular flexibility index (Phi) is 5.54. The highest BCUT2D eigenvalue weighted by Crippen LogP contribution is 2.34. The molecule has 0 amide bonds. The van der Waals surface area contributed by atoms with Gasteiger partial charge in [-0.15, -0.1) is 0 Å². The molecule has 6 heteroatoms. The second-order valence-electron chi connectivity index (χ2n) is 6.83. The van der Waals surface area contributed by atoms with Gasteiger partial charge in [0.1, 0.15) is 11.6 Å². The molecular weight excluding hydrogens is 312 g/mol. The molecule has 0 spiro atoms. The van der Waals surface area contributed by atoms with Crippen molar-refractivity contribution in [2.75, 3.05) is 32.1 Å². The highest BCUT2D eigenvalue weighted by Gasteiger charge is 2.40. The number of alkyl halides is 2. The van der Waals surface area contributed by atoms with Crippen LogP contribution >= 0.6 is 0 Å². The van der Waals surface area contributed by atoms with Crippen LogP contribution in [0, 0.1) is 5.92 Å². The van der Waals surface area contributed by atoms with E-state index in [1.165, 1.54) is 0 Å². The molecule has 3 heterocycles. The summed E-state index contributed by atoms with van der Waals surface area (Å²) >= 11 is 0. The number of nitrogens with one attached hydrogen (secondary N) is 2. The molecule has 1 aromatic heterocycles. The maximum Gasteiger partial charge on any atom is 0.252 e. The number of hydrogen-bond donors (Lipinski definition) is 2. The Bertz CT molecular complexity index is 542.